The molecule has 4 heteroatoms. The molecule has 0 spiro atoms. The van der Waals surface area contributed by atoms with Crippen LogP contribution in [0.1, 0.15) is 44.2 Å². The molecule has 1 aromatic rings. The molecule has 0 amide bonds. The molecule has 18 heavy (non-hydrogen) atoms. The van der Waals surface area contributed by atoms with E-state index in [1.807, 2.05) is 6.92 Å². The Morgan fingerprint density at radius 3 is 3.00 bits per heavy atom. The number of aromatic nitrogens is 1. The first kappa shape index (κ1) is 13.6. The average Bonchev–Trinajstić information content (AvgIpc) is 2.75. The molecule has 1 aliphatic heterocycles. The highest BCUT2D eigenvalue weighted by molar-refractivity contribution is 4.97. The summed E-state index contributed by atoms with van der Waals surface area (Å²) < 4.78 is 5.24. The topological polar surface area (TPSA) is 49.5 Å². The highest BCUT2D eigenvalue weighted by Crippen LogP contribution is 2.34. The van der Waals surface area contributed by atoms with Crippen molar-refractivity contribution >= 4 is 0 Å². The first-order valence-corrected chi connectivity index (χ1v) is 6.92. The van der Waals surface area contributed by atoms with Crippen LogP contribution in [-0.2, 0) is 6.54 Å². The van der Waals surface area contributed by atoms with Gasteiger partial charge in [0.05, 0.1) is 5.69 Å². The molecule has 1 fully saturated rings. The maximum absolute atomic E-state index is 9.70. The SMILES string of the molecule is CCC[C@@]1(CO)CCCN(Cc2coc(C)n2)C1. The van der Waals surface area contributed by atoms with E-state index in [9.17, 15) is 5.11 Å². The van der Waals surface area contributed by atoms with Crippen LogP contribution >= 0.6 is 0 Å². The van der Waals surface area contributed by atoms with Gasteiger partial charge in [-0.3, -0.25) is 4.90 Å². The fourth-order valence-corrected chi connectivity index (χ4v) is 3.10. The number of oxazole rings is 1. The van der Waals surface area contributed by atoms with Crippen LogP contribution in [0.15, 0.2) is 10.7 Å². The van der Waals surface area contributed by atoms with Crippen LogP contribution in [-0.4, -0.2) is 34.7 Å². The minimum Gasteiger partial charge on any atom is -0.449 e. The Hall–Kier alpha value is -0.870. The van der Waals surface area contributed by atoms with Crippen molar-refractivity contribution in [3.05, 3.63) is 17.8 Å². The van der Waals surface area contributed by atoms with E-state index in [0.29, 0.717) is 6.61 Å². The first-order valence-electron chi connectivity index (χ1n) is 6.92. The van der Waals surface area contributed by atoms with E-state index >= 15 is 0 Å². The second kappa shape index (κ2) is 5.85. The van der Waals surface area contributed by atoms with Crippen molar-refractivity contribution in [2.24, 2.45) is 5.41 Å². The molecule has 0 saturated carbocycles. The summed E-state index contributed by atoms with van der Waals surface area (Å²) in [5, 5.41) is 9.70. The molecule has 0 bridgehead atoms. The normalized spacial score (nSPS) is 25.5. The van der Waals surface area contributed by atoms with Gasteiger partial charge in [-0.2, -0.15) is 0 Å². The zero-order chi connectivity index (χ0) is 13.0. The van der Waals surface area contributed by atoms with Gasteiger partial charge in [-0.05, 0) is 25.8 Å². The highest BCUT2D eigenvalue weighted by Gasteiger charge is 2.34. The van der Waals surface area contributed by atoms with Crippen molar-refractivity contribution in [2.45, 2.75) is 46.1 Å². The van der Waals surface area contributed by atoms with E-state index in [-0.39, 0.29) is 5.41 Å². The maximum Gasteiger partial charge on any atom is 0.191 e. The number of hydrogen-bond donors (Lipinski definition) is 1. The smallest absolute Gasteiger partial charge is 0.191 e. The van der Waals surface area contributed by atoms with Gasteiger partial charge < -0.3 is 9.52 Å². The second-order valence-corrected chi connectivity index (χ2v) is 5.58. The van der Waals surface area contributed by atoms with Gasteiger partial charge in [-0.15, -0.1) is 0 Å². The van der Waals surface area contributed by atoms with Gasteiger partial charge in [-0.1, -0.05) is 13.3 Å². The van der Waals surface area contributed by atoms with Crippen molar-refractivity contribution in [1.29, 1.82) is 0 Å². The number of piperidine rings is 1. The Balaban J connectivity index is 1.97. The lowest BCUT2D eigenvalue weighted by Crippen LogP contribution is -2.44. The summed E-state index contributed by atoms with van der Waals surface area (Å²) in [5.74, 6) is 0.726. The van der Waals surface area contributed by atoms with E-state index in [0.717, 1.165) is 56.9 Å². The summed E-state index contributed by atoms with van der Waals surface area (Å²) >= 11 is 0. The second-order valence-electron chi connectivity index (χ2n) is 5.58. The third kappa shape index (κ3) is 3.12. The van der Waals surface area contributed by atoms with Gasteiger partial charge in [0, 0.05) is 32.0 Å². The van der Waals surface area contributed by atoms with Crippen molar-refractivity contribution in [3.63, 3.8) is 0 Å². The monoisotopic (exact) mass is 252 g/mol. The minimum absolute atomic E-state index is 0.103. The van der Waals surface area contributed by atoms with Gasteiger partial charge in [0.15, 0.2) is 5.89 Å². The van der Waals surface area contributed by atoms with E-state index in [2.05, 4.69) is 16.8 Å². The van der Waals surface area contributed by atoms with Crippen molar-refractivity contribution in [2.75, 3.05) is 19.7 Å². The fourth-order valence-electron chi connectivity index (χ4n) is 3.10. The molecule has 1 atom stereocenters. The van der Waals surface area contributed by atoms with Crippen molar-refractivity contribution in [3.8, 4) is 0 Å². The Bertz CT molecular complexity index is 374. The first-order chi connectivity index (χ1) is 8.67. The van der Waals surface area contributed by atoms with Crippen molar-refractivity contribution < 1.29 is 9.52 Å². The van der Waals surface area contributed by atoms with Gasteiger partial charge in [0.1, 0.15) is 6.26 Å². The minimum atomic E-state index is 0.103. The fraction of sp³-hybridized carbons (Fsp3) is 0.786. The predicted octanol–water partition coefficient (Wildman–Crippen LogP) is 2.36. The lowest BCUT2D eigenvalue weighted by atomic mass is 9.77. The van der Waals surface area contributed by atoms with E-state index in [1.165, 1.54) is 0 Å². The average molecular weight is 252 g/mol. The summed E-state index contributed by atoms with van der Waals surface area (Å²) in [6.07, 6.45) is 6.29. The number of nitrogens with zero attached hydrogens (tertiary/aromatic N) is 2. The summed E-state index contributed by atoms with van der Waals surface area (Å²) in [6, 6.07) is 0. The molecule has 102 valence electrons. The summed E-state index contributed by atoms with van der Waals surface area (Å²) in [4.78, 5) is 6.75. The zero-order valence-corrected chi connectivity index (χ0v) is 11.5. The highest BCUT2D eigenvalue weighted by atomic mass is 16.3. The number of hydrogen-bond acceptors (Lipinski definition) is 4. The standard InChI is InChI=1S/C14H24N2O2/c1-3-5-14(11-17)6-4-7-16(10-14)8-13-9-18-12(2)15-13/h9,17H,3-8,10-11H2,1-2H3/t14-/m1/s1. The molecule has 2 rings (SSSR count). The van der Waals surface area contributed by atoms with Crippen LogP contribution in [0.5, 0.6) is 0 Å². The summed E-state index contributed by atoms with van der Waals surface area (Å²) in [7, 11) is 0. The zero-order valence-electron chi connectivity index (χ0n) is 11.5. The molecule has 1 aliphatic rings. The predicted molar refractivity (Wildman–Crippen MR) is 70.2 cm³/mol. The number of aryl methyl sites for hydroxylation is 1. The largest absolute Gasteiger partial charge is 0.449 e. The Labute approximate surface area is 109 Å². The molecule has 1 aromatic heterocycles. The Morgan fingerprint density at radius 2 is 2.39 bits per heavy atom. The van der Waals surface area contributed by atoms with Crippen LogP contribution < -0.4 is 0 Å². The van der Waals surface area contributed by atoms with E-state index in [4.69, 9.17) is 4.42 Å². The van der Waals surface area contributed by atoms with Gasteiger partial charge in [0.2, 0.25) is 0 Å². The lowest BCUT2D eigenvalue weighted by molar-refractivity contribution is 0.0211. The molecule has 1 saturated heterocycles. The van der Waals surface area contributed by atoms with Crippen LogP contribution in [0, 0.1) is 12.3 Å². The third-order valence-corrected chi connectivity index (χ3v) is 3.91. The van der Waals surface area contributed by atoms with E-state index < -0.39 is 0 Å². The third-order valence-electron chi connectivity index (χ3n) is 3.91. The van der Waals surface area contributed by atoms with Gasteiger partial charge >= 0.3 is 0 Å². The molecular formula is C14H24N2O2. The quantitative estimate of drug-likeness (QED) is 0.874. The summed E-state index contributed by atoms with van der Waals surface area (Å²) in [6.45, 7) is 7.27. The van der Waals surface area contributed by atoms with Gasteiger partial charge in [-0.25, -0.2) is 4.98 Å². The number of likely N-dealkylation sites (tertiary alicyclic amines) is 1. The number of aliphatic hydroxyl groups excluding tert-OH is 1. The summed E-state index contributed by atoms with van der Waals surface area (Å²) in [5.41, 5.74) is 1.10. The maximum atomic E-state index is 9.70. The van der Waals surface area contributed by atoms with Crippen LogP contribution in [0.3, 0.4) is 0 Å². The Kier molecular flexibility index (Phi) is 4.40. The molecule has 1 N–H and O–H groups in total. The molecule has 4 nitrogen and oxygen atoms in total. The van der Waals surface area contributed by atoms with Crippen LogP contribution in [0.25, 0.3) is 0 Å². The molecule has 0 aliphatic carbocycles. The van der Waals surface area contributed by atoms with Crippen LogP contribution in [0.2, 0.25) is 0 Å². The van der Waals surface area contributed by atoms with Gasteiger partial charge in [0.25, 0.3) is 0 Å². The molecule has 2 heterocycles. The number of rotatable bonds is 5. The van der Waals surface area contributed by atoms with E-state index in [1.54, 1.807) is 6.26 Å². The van der Waals surface area contributed by atoms with Crippen LogP contribution in [0.4, 0.5) is 0 Å². The molecule has 0 aromatic carbocycles. The lowest BCUT2D eigenvalue weighted by Gasteiger charge is -2.41. The Morgan fingerprint density at radius 1 is 1.56 bits per heavy atom. The molecular weight excluding hydrogens is 228 g/mol. The molecule has 0 unspecified atom stereocenters. The molecule has 0 radical (unpaired) electrons. The van der Waals surface area contributed by atoms with Crippen molar-refractivity contribution in [1.82, 2.24) is 9.88 Å². The number of aliphatic hydroxyl groups is 1.